The van der Waals surface area contributed by atoms with Crippen LogP contribution in [0.2, 0.25) is 0 Å². The first kappa shape index (κ1) is 15.0. The van der Waals surface area contributed by atoms with E-state index in [4.69, 9.17) is 0 Å². The van der Waals surface area contributed by atoms with Gasteiger partial charge in [0.05, 0.1) is 11.3 Å². The van der Waals surface area contributed by atoms with Crippen molar-refractivity contribution in [1.82, 2.24) is 0 Å². The minimum atomic E-state index is 0.745. The summed E-state index contributed by atoms with van der Waals surface area (Å²) in [6, 6.07) is 16.5. The van der Waals surface area contributed by atoms with Gasteiger partial charge in [-0.25, -0.2) is 0 Å². The highest BCUT2D eigenvalue weighted by Crippen LogP contribution is 2.30. The predicted molar refractivity (Wildman–Crippen MR) is 89.2 cm³/mol. The normalized spacial score (nSPS) is 10.1. The molecule has 2 aromatic carbocycles. The molecule has 2 nitrogen and oxygen atoms in total. The highest BCUT2D eigenvalue weighted by molar-refractivity contribution is 9.10. The number of nitriles is 1. The molecule has 0 aliphatic rings. The van der Waals surface area contributed by atoms with E-state index in [1.165, 1.54) is 5.56 Å². The van der Waals surface area contributed by atoms with Gasteiger partial charge < -0.3 is 4.90 Å². The quantitative estimate of drug-likeness (QED) is 0.752. The average molecular weight is 347 g/mol. The average Bonchev–Trinajstić information content (AvgIpc) is 2.48. The molecular formula is C16H15BrN2S. The van der Waals surface area contributed by atoms with Crippen LogP contribution >= 0.6 is 27.7 Å². The highest BCUT2D eigenvalue weighted by Gasteiger charge is 2.12. The Morgan fingerprint density at radius 2 is 1.95 bits per heavy atom. The molecule has 0 aliphatic heterocycles. The third kappa shape index (κ3) is 3.17. The van der Waals surface area contributed by atoms with Crippen molar-refractivity contribution in [3.05, 3.63) is 58.1 Å². The van der Waals surface area contributed by atoms with Crippen LogP contribution in [0, 0.1) is 11.3 Å². The molecule has 0 heterocycles. The van der Waals surface area contributed by atoms with E-state index in [9.17, 15) is 5.26 Å². The largest absolute Gasteiger partial charge is 0.369 e. The Morgan fingerprint density at radius 3 is 2.60 bits per heavy atom. The lowest BCUT2D eigenvalue weighted by molar-refractivity contribution is 0.913. The van der Waals surface area contributed by atoms with Gasteiger partial charge in [0.1, 0.15) is 6.07 Å². The number of anilines is 1. The lowest BCUT2D eigenvalue weighted by atomic mass is 10.1. The van der Waals surface area contributed by atoms with Crippen LogP contribution in [0.5, 0.6) is 0 Å². The molecule has 2 aromatic rings. The van der Waals surface area contributed by atoms with E-state index in [-0.39, 0.29) is 0 Å². The molecule has 4 heteroatoms. The van der Waals surface area contributed by atoms with Gasteiger partial charge in [-0.1, -0.05) is 40.2 Å². The fourth-order valence-electron chi connectivity index (χ4n) is 2.09. The topological polar surface area (TPSA) is 27.0 Å². The molecule has 102 valence electrons. The molecule has 0 aliphatic carbocycles. The lowest BCUT2D eigenvalue weighted by Gasteiger charge is -2.22. The van der Waals surface area contributed by atoms with E-state index in [2.05, 4.69) is 33.0 Å². The molecule has 0 atom stereocenters. The predicted octanol–water partition coefficient (Wildman–Crippen LogP) is 4.68. The van der Waals surface area contributed by atoms with Crippen LogP contribution in [-0.4, -0.2) is 13.3 Å². The van der Waals surface area contributed by atoms with E-state index in [1.807, 2.05) is 49.7 Å². The van der Waals surface area contributed by atoms with Gasteiger partial charge in [-0.3, -0.25) is 0 Å². The van der Waals surface area contributed by atoms with Crippen LogP contribution < -0.4 is 4.90 Å². The molecule has 0 N–H and O–H groups in total. The van der Waals surface area contributed by atoms with Crippen LogP contribution in [0.3, 0.4) is 0 Å². The number of benzene rings is 2. The van der Waals surface area contributed by atoms with Crippen molar-refractivity contribution in [2.45, 2.75) is 11.4 Å². The van der Waals surface area contributed by atoms with Crippen molar-refractivity contribution in [3.63, 3.8) is 0 Å². The monoisotopic (exact) mass is 346 g/mol. The number of nitrogens with zero attached hydrogens (tertiary/aromatic N) is 2. The minimum Gasteiger partial charge on any atom is -0.369 e. The first-order valence-corrected chi connectivity index (χ1v) is 8.20. The molecule has 0 saturated heterocycles. The van der Waals surface area contributed by atoms with Gasteiger partial charge in [-0.15, -0.1) is 11.8 Å². The van der Waals surface area contributed by atoms with E-state index < -0.39 is 0 Å². The Kier molecular flexibility index (Phi) is 5.11. The summed E-state index contributed by atoms with van der Waals surface area (Å²) < 4.78 is 1.09. The van der Waals surface area contributed by atoms with E-state index in [1.54, 1.807) is 11.8 Å². The van der Waals surface area contributed by atoms with Gasteiger partial charge >= 0.3 is 0 Å². The molecule has 0 radical (unpaired) electrons. The number of hydrogen-bond acceptors (Lipinski definition) is 3. The molecular weight excluding hydrogens is 332 g/mol. The fraction of sp³-hybridized carbons (Fsp3) is 0.188. The Morgan fingerprint density at radius 1 is 1.20 bits per heavy atom. The maximum Gasteiger partial charge on any atom is 0.103 e. The Labute approximate surface area is 132 Å². The third-order valence-electron chi connectivity index (χ3n) is 3.11. The van der Waals surface area contributed by atoms with Crippen molar-refractivity contribution < 1.29 is 0 Å². The van der Waals surface area contributed by atoms with Crippen molar-refractivity contribution in [2.75, 3.05) is 18.2 Å². The van der Waals surface area contributed by atoms with Gasteiger partial charge in [-0.05, 0) is 30.0 Å². The van der Waals surface area contributed by atoms with Crippen LogP contribution in [0.1, 0.15) is 11.1 Å². The zero-order chi connectivity index (χ0) is 14.5. The third-order valence-corrected chi connectivity index (χ3v) is 4.67. The summed E-state index contributed by atoms with van der Waals surface area (Å²) in [6.07, 6.45) is 1.99. The van der Waals surface area contributed by atoms with Gasteiger partial charge in [0.2, 0.25) is 0 Å². The number of hydrogen-bond donors (Lipinski definition) is 0. The van der Waals surface area contributed by atoms with Crippen LogP contribution in [0.4, 0.5) is 5.69 Å². The number of thioether (sulfide) groups is 1. The molecule has 0 fully saturated rings. The van der Waals surface area contributed by atoms with Crippen LogP contribution in [0.25, 0.3) is 0 Å². The Balaban J connectivity index is 2.33. The summed E-state index contributed by atoms with van der Waals surface area (Å²) >= 11 is 5.17. The van der Waals surface area contributed by atoms with Gasteiger partial charge in [-0.2, -0.15) is 5.26 Å². The first-order chi connectivity index (χ1) is 9.67. The number of halogens is 1. The Hall–Kier alpha value is -1.44. The van der Waals surface area contributed by atoms with E-state index in [0.29, 0.717) is 0 Å². The van der Waals surface area contributed by atoms with E-state index >= 15 is 0 Å². The standard InChI is InChI=1S/C16H15BrN2S/c1-19(11-12-6-3-4-7-14(12)17)15-8-5-9-16(20-2)13(15)10-18/h3-9H,11H2,1-2H3. The molecule has 0 unspecified atom stereocenters. The summed E-state index contributed by atoms with van der Waals surface area (Å²) in [6.45, 7) is 0.758. The lowest BCUT2D eigenvalue weighted by Crippen LogP contribution is -2.18. The summed E-state index contributed by atoms with van der Waals surface area (Å²) in [5.41, 5.74) is 2.91. The smallest absolute Gasteiger partial charge is 0.103 e. The Bertz CT molecular complexity index is 649. The first-order valence-electron chi connectivity index (χ1n) is 6.19. The second-order valence-electron chi connectivity index (χ2n) is 4.41. The SMILES string of the molecule is CSc1cccc(N(C)Cc2ccccc2Br)c1C#N. The zero-order valence-corrected chi connectivity index (χ0v) is 13.8. The zero-order valence-electron chi connectivity index (χ0n) is 11.4. The molecule has 20 heavy (non-hydrogen) atoms. The van der Waals surface area contributed by atoms with E-state index in [0.717, 1.165) is 27.2 Å². The molecule has 2 rings (SSSR count). The van der Waals surface area contributed by atoms with Crippen molar-refractivity contribution in [2.24, 2.45) is 0 Å². The molecule has 0 spiro atoms. The van der Waals surface area contributed by atoms with Crippen LogP contribution in [-0.2, 0) is 6.54 Å². The molecule has 0 amide bonds. The van der Waals surface area contributed by atoms with Crippen molar-refractivity contribution >= 4 is 33.4 Å². The van der Waals surface area contributed by atoms with Crippen LogP contribution in [0.15, 0.2) is 51.8 Å². The molecule has 0 aromatic heterocycles. The molecule has 0 saturated carbocycles. The summed E-state index contributed by atoms with van der Waals surface area (Å²) in [5, 5.41) is 9.40. The van der Waals surface area contributed by atoms with Gasteiger partial charge in [0, 0.05) is 23.0 Å². The van der Waals surface area contributed by atoms with Crippen molar-refractivity contribution in [1.29, 1.82) is 5.26 Å². The summed E-state index contributed by atoms with van der Waals surface area (Å²) in [7, 11) is 2.01. The number of rotatable bonds is 4. The fourth-order valence-corrected chi connectivity index (χ4v) is 3.07. The van der Waals surface area contributed by atoms with Gasteiger partial charge in [0.15, 0.2) is 0 Å². The second kappa shape index (κ2) is 6.83. The minimum absolute atomic E-state index is 0.745. The van der Waals surface area contributed by atoms with Gasteiger partial charge in [0.25, 0.3) is 0 Å². The highest BCUT2D eigenvalue weighted by atomic mass is 79.9. The maximum absolute atomic E-state index is 9.40. The summed E-state index contributed by atoms with van der Waals surface area (Å²) in [5.74, 6) is 0. The maximum atomic E-state index is 9.40. The second-order valence-corrected chi connectivity index (χ2v) is 6.12. The molecule has 0 bridgehead atoms. The summed E-state index contributed by atoms with van der Waals surface area (Å²) in [4.78, 5) is 3.13. The van der Waals surface area contributed by atoms with Crippen molar-refractivity contribution in [3.8, 4) is 6.07 Å².